The first-order valence-corrected chi connectivity index (χ1v) is 10.1. The highest BCUT2D eigenvalue weighted by atomic mass is 16.5. The lowest BCUT2D eigenvalue weighted by molar-refractivity contribution is -0.00712. The largest absolute Gasteiger partial charge is 0.369 e. The summed E-state index contributed by atoms with van der Waals surface area (Å²) in [6.45, 7) is 7.24. The van der Waals surface area contributed by atoms with Gasteiger partial charge in [-0.05, 0) is 52.0 Å². The summed E-state index contributed by atoms with van der Waals surface area (Å²) in [5.74, 6) is -0.0577. The molecule has 4 rings (SSSR count). The summed E-state index contributed by atoms with van der Waals surface area (Å²) >= 11 is 0. The molecule has 2 aromatic heterocycles. The molecule has 0 saturated carbocycles. The molecule has 1 amide bonds. The van der Waals surface area contributed by atoms with Crippen LogP contribution in [0.15, 0.2) is 0 Å². The molecule has 146 valence electrons. The Morgan fingerprint density at radius 1 is 1.22 bits per heavy atom. The van der Waals surface area contributed by atoms with Crippen LogP contribution >= 0.6 is 0 Å². The fourth-order valence-corrected chi connectivity index (χ4v) is 4.49. The lowest BCUT2D eigenvalue weighted by atomic mass is 9.96. The van der Waals surface area contributed by atoms with Gasteiger partial charge in [-0.3, -0.25) is 14.2 Å². The maximum Gasteiger partial charge on any atom is 0.270 e. The molecule has 0 saturated heterocycles. The number of carbonyl (C=O) groups excluding carboxylic acids is 1. The van der Waals surface area contributed by atoms with Crippen LogP contribution < -0.4 is 5.32 Å². The van der Waals surface area contributed by atoms with Crippen molar-refractivity contribution < 1.29 is 9.53 Å². The highest BCUT2D eigenvalue weighted by Crippen LogP contribution is 2.31. The van der Waals surface area contributed by atoms with Crippen LogP contribution in [-0.2, 0) is 44.1 Å². The molecule has 1 aliphatic heterocycles. The van der Waals surface area contributed by atoms with E-state index in [2.05, 4.69) is 15.5 Å². The van der Waals surface area contributed by atoms with Crippen molar-refractivity contribution >= 4 is 5.91 Å². The maximum atomic E-state index is 13.1. The van der Waals surface area contributed by atoms with E-state index in [9.17, 15) is 4.79 Å². The van der Waals surface area contributed by atoms with E-state index in [1.165, 1.54) is 24.1 Å². The molecule has 0 unspecified atom stereocenters. The van der Waals surface area contributed by atoms with Crippen LogP contribution in [0.25, 0.3) is 0 Å². The Kier molecular flexibility index (Phi) is 4.80. The Bertz CT molecular complexity index is 866. The van der Waals surface area contributed by atoms with E-state index in [1.54, 1.807) is 0 Å². The molecular formula is C20H29N5O2. The van der Waals surface area contributed by atoms with Crippen molar-refractivity contribution in [2.75, 3.05) is 0 Å². The molecule has 3 heterocycles. The van der Waals surface area contributed by atoms with Crippen molar-refractivity contribution in [2.45, 2.75) is 78.2 Å². The van der Waals surface area contributed by atoms with Crippen LogP contribution in [0.3, 0.4) is 0 Å². The molecule has 27 heavy (non-hydrogen) atoms. The van der Waals surface area contributed by atoms with Gasteiger partial charge in [0.05, 0.1) is 35.8 Å². The Hall–Kier alpha value is -2.15. The first kappa shape index (κ1) is 18.2. The first-order valence-electron chi connectivity index (χ1n) is 10.1. The number of nitrogens with one attached hydrogen (secondary N) is 1. The number of amides is 1. The standard InChI is InChI=1S/C20H29N5O2/c1-5-25-19(15-10-12(2)27-13(3)18(15)23-25)20(26)21-11-17-14-8-6-7-9-16(14)22-24(17)4/h12-13H,5-11H2,1-4H3,(H,21,26)/t12-,13+/m0/s1. The van der Waals surface area contributed by atoms with Crippen LogP contribution in [0.5, 0.6) is 0 Å². The Labute approximate surface area is 160 Å². The van der Waals surface area contributed by atoms with E-state index in [0.29, 0.717) is 18.8 Å². The van der Waals surface area contributed by atoms with Crippen LogP contribution in [0.1, 0.15) is 78.4 Å². The van der Waals surface area contributed by atoms with Gasteiger partial charge in [-0.1, -0.05) is 0 Å². The number of aryl methyl sites for hydroxylation is 3. The quantitative estimate of drug-likeness (QED) is 0.896. The molecule has 0 radical (unpaired) electrons. The molecule has 7 heteroatoms. The molecule has 1 aliphatic carbocycles. The van der Waals surface area contributed by atoms with Gasteiger partial charge in [-0.2, -0.15) is 10.2 Å². The third-order valence-electron chi connectivity index (χ3n) is 5.77. The van der Waals surface area contributed by atoms with Gasteiger partial charge in [-0.25, -0.2) is 0 Å². The van der Waals surface area contributed by atoms with Gasteiger partial charge in [0.2, 0.25) is 0 Å². The van der Waals surface area contributed by atoms with Crippen molar-refractivity contribution in [3.05, 3.63) is 33.9 Å². The second kappa shape index (κ2) is 7.11. The van der Waals surface area contributed by atoms with Gasteiger partial charge in [0.15, 0.2) is 0 Å². The van der Waals surface area contributed by atoms with Crippen molar-refractivity contribution in [2.24, 2.45) is 7.05 Å². The van der Waals surface area contributed by atoms with Crippen molar-refractivity contribution in [1.82, 2.24) is 24.9 Å². The van der Waals surface area contributed by atoms with E-state index in [1.807, 2.05) is 37.2 Å². The Morgan fingerprint density at radius 3 is 2.78 bits per heavy atom. The predicted octanol–water partition coefficient (Wildman–Crippen LogP) is 2.47. The molecule has 2 atom stereocenters. The lowest BCUT2D eigenvalue weighted by Crippen LogP contribution is -2.29. The number of ether oxygens (including phenoxy) is 1. The van der Waals surface area contributed by atoms with Crippen molar-refractivity contribution in [1.29, 1.82) is 0 Å². The van der Waals surface area contributed by atoms with Gasteiger partial charge < -0.3 is 10.1 Å². The number of hydrogen-bond acceptors (Lipinski definition) is 4. The average Bonchev–Trinajstić information content (AvgIpc) is 3.16. The molecule has 2 aliphatic rings. The Morgan fingerprint density at radius 2 is 2.00 bits per heavy atom. The SMILES string of the molecule is CCn1nc2c(c1C(=O)NCc1c3c(nn1C)CCCC3)C[C@H](C)O[C@@H]2C. The summed E-state index contributed by atoms with van der Waals surface area (Å²) in [4.78, 5) is 13.1. The van der Waals surface area contributed by atoms with E-state index >= 15 is 0 Å². The summed E-state index contributed by atoms with van der Waals surface area (Å²) in [5.41, 5.74) is 6.27. The maximum absolute atomic E-state index is 13.1. The number of rotatable bonds is 4. The minimum atomic E-state index is -0.0767. The van der Waals surface area contributed by atoms with Gasteiger partial charge in [0.1, 0.15) is 5.69 Å². The zero-order chi connectivity index (χ0) is 19.1. The predicted molar refractivity (Wildman–Crippen MR) is 102 cm³/mol. The van der Waals surface area contributed by atoms with E-state index < -0.39 is 0 Å². The van der Waals surface area contributed by atoms with Gasteiger partial charge in [0.25, 0.3) is 5.91 Å². The van der Waals surface area contributed by atoms with Crippen molar-refractivity contribution in [3.8, 4) is 0 Å². The number of hydrogen-bond donors (Lipinski definition) is 1. The number of nitrogens with zero attached hydrogens (tertiary/aromatic N) is 4. The zero-order valence-electron chi connectivity index (χ0n) is 16.7. The smallest absolute Gasteiger partial charge is 0.270 e. The van der Waals surface area contributed by atoms with Crippen LogP contribution in [0.2, 0.25) is 0 Å². The summed E-state index contributed by atoms with van der Waals surface area (Å²) in [6.07, 6.45) is 5.25. The Balaban J connectivity index is 1.59. The molecule has 0 bridgehead atoms. The third-order valence-corrected chi connectivity index (χ3v) is 5.77. The lowest BCUT2D eigenvalue weighted by Gasteiger charge is -2.24. The third kappa shape index (κ3) is 3.18. The second-order valence-corrected chi connectivity index (χ2v) is 7.71. The number of carbonyl (C=O) groups is 1. The van der Waals surface area contributed by atoms with Crippen molar-refractivity contribution in [3.63, 3.8) is 0 Å². The molecule has 1 N–H and O–H groups in total. The summed E-state index contributed by atoms with van der Waals surface area (Å²) in [7, 11) is 1.97. The normalized spacial score (nSPS) is 21.6. The minimum Gasteiger partial charge on any atom is -0.369 e. The highest BCUT2D eigenvalue weighted by molar-refractivity contribution is 5.94. The summed E-state index contributed by atoms with van der Waals surface area (Å²) in [5, 5.41) is 12.4. The summed E-state index contributed by atoms with van der Waals surface area (Å²) < 4.78 is 9.63. The fourth-order valence-electron chi connectivity index (χ4n) is 4.49. The van der Waals surface area contributed by atoms with Crippen LogP contribution in [-0.4, -0.2) is 31.6 Å². The number of aromatic nitrogens is 4. The van der Waals surface area contributed by atoms with E-state index in [-0.39, 0.29) is 18.1 Å². The first-order chi connectivity index (χ1) is 13.0. The van der Waals surface area contributed by atoms with Gasteiger partial charge in [-0.15, -0.1) is 0 Å². The van der Waals surface area contributed by atoms with E-state index in [0.717, 1.165) is 36.2 Å². The minimum absolute atomic E-state index is 0.0577. The highest BCUT2D eigenvalue weighted by Gasteiger charge is 2.32. The number of fused-ring (bicyclic) bond motifs is 2. The van der Waals surface area contributed by atoms with Crippen LogP contribution in [0, 0.1) is 0 Å². The molecule has 0 fully saturated rings. The molecule has 0 aromatic carbocycles. The topological polar surface area (TPSA) is 74.0 Å². The summed E-state index contributed by atoms with van der Waals surface area (Å²) in [6, 6.07) is 0. The van der Waals surface area contributed by atoms with E-state index in [4.69, 9.17) is 4.74 Å². The molecule has 2 aromatic rings. The fraction of sp³-hybridized carbons (Fsp3) is 0.650. The molecule has 7 nitrogen and oxygen atoms in total. The molecule has 0 spiro atoms. The van der Waals surface area contributed by atoms with Gasteiger partial charge >= 0.3 is 0 Å². The zero-order valence-corrected chi connectivity index (χ0v) is 16.7. The molecular weight excluding hydrogens is 342 g/mol. The van der Waals surface area contributed by atoms with Gasteiger partial charge in [0, 0.05) is 25.6 Å². The average molecular weight is 371 g/mol. The second-order valence-electron chi connectivity index (χ2n) is 7.71. The van der Waals surface area contributed by atoms with Crippen LogP contribution in [0.4, 0.5) is 0 Å². The monoisotopic (exact) mass is 371 g/mol.